The number of rotatable bonds is 2. The van der Waals surface area contributed by atoms with Crippen LogP contribution < -0.4 is 11.5 Å². The maximum atomic E-state index is 10.7. The molecule has 8 fully saturated rings. The molecule has 44 heavy (non-hydrogen) atoms. The molecule has 0 aromatic heterocycles. The predicted octanol–water partition coefficient (Wildman–Crippen LogP) is 8.16. The van der Waals surface area contributed by atoms with Crippen LogP contribution in [0.5, 0.6) is 11.5 Å². The summed E-state index contributed by atoms with van der Waals surface area (Å²) in [5.74, 6) is 14.7. The van der Waals surface area contributed by atoms with Gasteiger partial charge in [0.25, 0.3) is 0 Å². The van der Waals surface area contributed by atoms with Crippen LogP contribution in [0.15, 0.2) is 24.3 Å². The first kappa shape index (κ1) is 28.2. The second-order valence-corrected chi connectivity index (χ2v) is 18.2. The lowest BCUT2D eigenvalue weighted by molar-refractivity contribution is -0.110. The van der Waals surface area contributed by atoms with Gasteiger partial charge in [-0.2, -0.15) is 0 Å². The average Bonchev–Trinajstić information content (AvgIpc) is 2.86. The molecule has 2 aromatic carbocycles. The molecule has 4 unspecified atom stereocenters. The topological polar surface area (TPSA) is 92.5 Å². The van der Waals surface area contributed by atoms with Crippen molar-refractivity contribution in [1.82, 2.24) is 0 Å². The Morgan fingerprint density at radius 2 is 0.886 bits per heavy atom. The van der Waals surface area contributed by atoms with E-state index in [9.17, 15) is 10.2 Å². The Kier molecular flexibility index (Phi) is 5.60. The molecule has 0 saturated heterocycles. The first-order chi connectivity index (χ1) is 20.6. The summed E-state index contributed by atoms with van der Waals surface area (Å²) in [4.78, 5) is 0. The lowest BCUT2D eigenvalue weighted by Crippen LogP contribution is -2.57. The molecular formula is C40H48N2O2. The van der Waals surface area contributed by atoms with Crippen molar-refractivity contribution < 1.29 is 10.2 Å². The lowest BCUT2D eigenvalue weighted by Gasteiger charge is -2.65. The molecule has 0 heterocycles. The summed E-state index contributed by atoms with van der Waals surface area (Å²) in [6.45, 7) is 9.93. The van der Waals surface area contributed by atoms with Crippen molar-refractivity contribution in [2.75, 3.05) is 11.5 Å². The molecular weight excluding hydrogens is 540 g/mol. The van der Waals surface area contributed by atoms with Gasteiger partial charge in [-0.3, -0.25) is 0 Å². The van der Waals surface area contributed by atoms with E-state index in [1.165, 1.54) is 62.5 Å². The van der Waals surface area contributed by atoms with Crippen LogP contribution in [0.1, 0.15) is 127 Å². The van der Waals surface area contributed by atoms with E-state index in [1.54, 1.807) is 12.1 Å². The van der Waals surface area contributed by atoms with Crippen molar-refractivity contribution in [3.63, 3.8) is 0 Å². The van der Waals surface area contributed by atoms with Crippen molar-refractivity contribution in [1.29, 1.82) is 0 Å². The van der Waals surface area contributed by atoms with Gasteiger partial charge < -0.3 is 21.7 Å². The molecule has 4 atom stereocenters. The number of benzene rings is 2. The van der Waals surface area contributed by atoms with Gasteiger partial charge in [-0.15, -0.1) is 0 Å². The van der Waals surface area contributed by atoms with Crippen LogP contribution in [-0.2, 0) is 10.8 Å². The Labute approximate surface area is 263 Å². The summed E-state index contributed by atoms with van der Waals surface area (Å²) in [7, 11) is 0. The molecule has 6 N–H and O–H groups in total. The van der Waals surface area contributed by atoms with E-state index in [0.717, 1.165) is 48.6 Å². The first-order valence-corrected chi connectivity index (χ1v) is 16.9. The predicted molar refractivity (Wildman–Crippen MR) is 177 cm³/mol. The van der Waals surface area contributed by atoms with Crippen molar-refractivity contribution in [2.24, 2.45) is 33.5 Å². The fourth-order valence-electron chi connectivity index (χ4n) is 14.0. The zero-order chi connectivity index (χ0) is 30.9. The van der Waals surface area contributed by atoms with E-state index in [1.807, 2.05) is 12.1 Å². The molecule has 0 radical (unpaired) electrons. The Morgan fingerprint density at radius 1 is 0.545 bits per heavy atom. The number of aromatic hydroxyl groups is 2. The van der Waals surface area contributed by atoms with Crippen molar-refractivity contribution in [2.45, 2.75) is 116 Å². The second-order valence-electron chi connectivity index (χ2n) is 18.2. The molecule has 4 nitrogen and oxygen atoms in total. The molecule has 8 aliphatic carbocycles. The molecule has 2 aromatic rings. The number of nitrogen functional groups attached to an aromatic ring is 2. The SMILES string of the molecule is CC12CC3CC(C)(C1)CC(c1cc(N)c(O)cc1C#CC#Cc1cc(O)c(N)cc1C14CC5CC(C)(CC(C)(C5)C1)C4)(C3)C2. The average molecular weight is 589 g/mol. The maximum absolute atomic E-state index is 10.7. The molecule has 0 spiro atoms. The molecule has 230 valence electrons. The molecule has 10 rings (SSSR count). The third-order valence-electron chi connectivity index (χ3n) is 13.2. The second kappa shape index (κ2) is 8.72. The summed E-state index contributed by atoms with van der Waals surface area (Å²) in [6.07, 6.45) is 14.9. The van der Waals surface area contributed by atoms with E-state index in [-0.39, 0.29) is 22.3 Å². The van der Waals surface area contributed by atoms with Gasteiger partial charge in [0, 0.05) is 11.1 Å². The van der Waals surface area contributed by atoms with Crippen LogP contribution in [0.2, 0.25) is 0 Å². The molecule has 4 heteroatoms. The number of anilines is 2. The smallest absolute Gasteiger partial charge is 0.139 e. The number of hydrogen-bond donors (Lipinski definition) is 4. The van der Waals surface area contributed by atoms with Crippen molar-refractivity contribution >= 4 is 11.4 Å². The lowest BCUT2D eigenvalue weighted by atomic mass is 9.39. The normalized spacial score (nSPS) is 42.5. The Morgan fingerprint density at radius 3 is 1.20 bits per heavy atom. The largest absolute Gasteiger partial charge is 0.506 e. The van der Waals surface area contributed by atoms with E-state index in [2.05, 4.69) is 51.4 Å². The van der Waals surface area contributed by atoms with Gasteiger partial charge in [0.15, 0.2) is 0 Å². The van der Waals surface area contributed by atoms with E-state index in [4.69, 9.17) is 11.5 Å². The minimum Gasteiger partial charge on any atom is -0.506 e. The van der Waals surface area contributed by atoms with E-state index < -0.39 is 0 Å². The Balaban J connectivity index is 1.18. The monoisotopic (exact) mass is 588 g/mol. The van der Waals surface area contributed by atoms with Crippen molar-refractivity contribution in [3.8, 4) is 35.2 Å². The Bertz CT molecular complexity index is 1570. The number of nitrogens with two attached hydrogens (primary N) is 2. The number of phenolic OH excluding ortho intramolecular Hbond substituents is 2. The fourth-order valence-corrected chi connectivity index (χ4v) is 14.0. The minimum absolute atomic E-state index is 0.0445. The first-order valence-electron chi connectivity index (χ1n) is 16.9. The molecule has 8 saturated carbocycles. The summed E-state index contributed by atoms with van der Waals surface area (Å²) in [6, 6.07) is 7.55. The molecule has 8 aliphatic rings. The van der Waals surface area contributed by atoms with Gasteiger partial charge in [0.1, 0.15) is 11.5 Å². The van der Waals surface area contributed by atoms with Gasteiger partial charge in [0.05, 0.1) is 11.4 Å². The third kappa shape index (κ3) is 4.27. The highest BCUT2D eigenvalue weighted by Crippen LogP contribution is 2.71. The number of hydrogen-bond acceptors (Lipinski definition) is 4. The summed E-state index contributed by atoms with van der Waals surface area (Å²) in [5.41, 5.74) is 19.1. The van der Waals surface area contributed by atoms with E-state index in [0.29, 0.717) is 33.0 Å². The molecule has 8 bridgehead atoms. The summed E-state index contributed by atoms with van der Waals surface area (Å²) in [5, 5.41) is 21.3. The highest BCUT2D eigenvalue weighted by atomic mass is 16.3. The van der Waals surface area contributed by atoms with Crippen LogP contribution in [0.4, 0.5) is 11.4 Å². The number of phenols is 2. The summed E-state index contributed by atoms with van der Waals surface area (Å²) < 4.78 is 0. The van der Waals surface area contributed by atoms with Crippen LogP contribution in [0.25, 0.3) is 0 Å². The fraction of sp³-hybridized carbons (Fsp3) is 0.600. The van der Waals surface area contributed by atoms with Crippen LogP contribution in [0.3, 0.4) is 0 Å². The quantitative estimate of drug-likeness (QED) is 0.162. The standard InChI is InChI=1S/C40H48N2O2/c1-35-13-25-14-36(2,19-35)22-39(17-25,21-35)29-11-31(41)33(43)9-27(29)7-5-6-8-28-10-34(44)32(42)12-30(28)40-18-26-15-37(3,23-40)20-38(4,16-26)24-40/h9-12,25-26,43-44H,13-24,41-42H2,1-4H3. The van der Waals surface area contributed by atoms with E-state index >= 15 is 0 Å². The minimum atomic E-state index is 0.0445. The van der Waals surface area contributed by atoms with Gasteiger partial charge in [0.2, 0.25) is 0 Å². The van der Waals surface area contributed by atoms with Crippen LogP contribution in [-0.4, -0.2) is 10.2 Å². The molecule has 0 amide bonds. The highest BCUT2D eigenvalue weighted by molar-refractivity contribution is 5.65. The Hall–Kier alpha value is -3.24. The third-order valence-corrected chi connectivity index (χ3v) is 13.2. The van der Waals surface area contributed by atoms with Gasteiger partial charge >= 0.3 is 0 Å². The van der Waals surface area contributed by atoms with Gasteiger partial charge in [-0.05, 0) is 169 Å². The zero-order valence-electron chi connectivity index (χ0n) is 27.0. The van der Waals surface area contributed by atoms with Crippen molar-refractivity contribution in [3.05, 3.63) is 46.5 Å². The van der Waals surface area contributed by atoms with Crippen LogP contribution >= 0.6 is 0 Å². The highest BCUT2D eigenvalue weighted by Gasteiger charge is 2.62. The maximum Gasteiger partial charge on any atom is 0.139 e. The van der Waals surface area contributed by atoms with Crippen LogP contribution in [0, 0.1) is 57.2 Å². The summed E-state index contributed by atoms with van der Waals surface area (Å²) >= 11 is 0. The zero-order valence-corrected chi connectivity index (χ0v) is 27.0. The van der Waals surface area contributed by atoms with Gasteiger partial charge in [-0.1, -0.05) is 39.5 Å². The van der Waals surface area contributed by atoms with Gasteiger partial charge in [-0.25, -0.2) is 0 Å². The molecule has 0 aliphatic heterocycles.